The summed E-state index contributed by atoms with van der Waals surface area (Å²) in [6.45, 7) is 0. The summed E-state index contributed by atoms with van der Waals surface area (Å²) >= 11 is 3.62. The predicted octanol–water partition coefficient (Wildman–Crippen LogP) is 6.18. The van der Waals surface area contributed by atoms with Crippen LogP contribution >= 0.6 is 23.1 Å². The lowest BCUT2D eigenvalue weighted by Gasteiger charge is -2.09. The van der Waals surface area contributed by atoms with Gasteiger partial charge in [0.2, 0.25) is 0 Å². The van der Waals surface area contributed by atoms with Crippen LogP contribution in [0.2, 0.25) is 0 Å². The summed E-state index contributed by atoms with van der Waals surface area (Å²) in [4.78, 5) is 6.11. The van der Waals surface area contributed by atoms with Crippen molar-refractivity contribution in [3.05, 3.63) is 78.4 Å². The summed E-state index contributed by atoms with van der Waals surface area (Å²) in [6, 6.07) is 25.4. The van der Waals surface area contributed by atoms with Crippen molar-refractivity contribution < 1.29 is 0 Å². The van der Waals surface area contributed by atoms with Crippen molar-refractivity contribution in [2.45, 2.75) is 10.3 Å². The largest absolute Gasteiger partial charge is 0.368 e. The maximum Gasteiger partial charge on any atom is 0.124 e. The first-order valence-electron chi connectivity index (χ1n) is 7.85. The maximum absolute atomic E-state index is 4.84. The Morgan fingerprint density at radius 2 is 1.62 bits per heavy atom. The van der Waals surface area contributed by atoms with Crippen molar-refractivity contribution in [2.75, 3.05) is 5.32 Å². The number of thiazole rings is 1. The third-order valence-corrected chi connectivity index (χ3v) is 6.43. The van der Waals surface area contributed by atoms with E-state index in [0.717, 1.165) is 10.5 Å². The zero-order valence-electron chi connectivity index (χ0n) is 12.8. The molecule has 0 amide bonds. The minimum absolute atomic E-state index is 0.284. The zero-order valence-corrected chi connectivity index (χ0v) is 14.4. The highest BCUT2D eigenvalue weighted by Gasteiger charge is 2.24. The van der Waals surface area contributed by atoms with E-state index >= 15 is 0 Å². The molecule has 1 unspecified atom stereocenters. The van der Waals surface area contributed by atoms with Crippen LogP contribution in [0.1, 0.15) is 10.9 Å². The molecule has 5 rings (SSSR count). The Morgan fingerprint density at radius 3 is 2.42 bits per heavy atom. The van der Waals surface area contributed by atoms with Gasteiger partial charge in [-0.3, -0.25) is 0 Å². The van der Waals surface area contributed by atoms with E-state index in [1.165, 1.54) is 26.4 Å². The van der Waals surface area contributed by atoms with Crippen LogP contribution in [0.4, 0.5) is 5.69 Å². The number of nitrogens with zero attached hydrogens (tertiary/aromatic N) is 1. The van der Waals surface area contributed by atoms with Crippen molar-refractivity contribution in [2.24, 2.45) is 0 Å². The fraction of sp³-hybridized carbons (Fsp3) is 0.0500. The van der Waals surface area contributed by atoms with E-state index in [0.29, 0.717) is 0 Å². The van der Waals surface area contributed by atoms with Gasteiger partial charge in [-0.15, -0.1) is 11.3 Å². The quantitative estimate of drug-likeness (QED) is 0.469. The number of benzene rings is 3. The van der Waals surface area contributed by atoms with Gasteiger partial charge in [-0.05, 0) is 17.7 Å². The van der Waals surface area contributed by atoms with Crippen LogP contribution in [0.3, 0.4) is 0 Å². The molecule has 24 heavy (non-hydrogen) atoms. The Balaban J connectivity index is 1.52. The number of aromatic nitrogens is 1. The second-order valence-corrected chi connectivity index (χ2v) is 7.93. The molecule has 2 nitrogen and oxygen atoms in total. The van der Waals surface area contributed by atoms with Gasteiger partial charge in [0.15, 0.2) is 0 Å². The molecule has 1 N–H and O–H groups in total. The standard InChI is InChI=1S/C20H14N2S2/c1-3-7-13(8-4-1)19-21-15-11-18-16(12-17(15)23-19)22-20(24-18)14-9-5-2-6-10-14/h1-12,19,21H. The average Bonchev–Trinajstić information content (AvgIpc) is 3.24. The Labute approximate surface area is 148 Å². The lowest BCUT2D eigenvalue weighted by atomic mass is 10.2. The molecule has 0 spiro atoms. The van der Waals surface area contributed by atoms with Crippen molar-refractivity contribution in [1.82, 2.24) is 4.98 Å². The minimum atomic E-state index is 0.284. The number of hydrogen-bond acceptors (Lipinski definition) is 4. The molecule has 0 saturated carbocycles. The SMILES string of the molecule is c1ccc(-c2nc3cc4c(cc3s2)NC(c2ccccc2)S4)cc1. The fourth-order valence-electron chi connectivity index (χ4n) is 2.95. The minimum Gasteiger partial charge on any atom is -0.368 e. The first-order valence-corrected chi connectivity index (χ1v) is 9.54. The van der Waals surface area contributed by atoms with Crippen molar-refractivity contribution in [3.8, 4) is 10.6 Å². The van der Waals surface area contributed by atoms with Crippen molar-refractivity contribution in [1.29, 1.82) is 0 Å². The molecule has 2 heterocycles. The van der Waals surface area contributed by atoms with E-state index < -0.39 is 0 Å². The molecule has 4 heteroatoms. The van der Waals surface area contributed by atoms with Gasteiger partial charge >= 0.3 is 0 Å². The predicted molar refractivity (Wildman–Crippen MR) is 104 cm³/mol. The second-order valence-electron chi connectivity index (χ2n) is 5.75. The van der Waals surface area contributed by atoms with Gasteiger partial charge < -0.3 is 5.32 Å². The topological polar surface area (TPSA) is 24.9 Å². The van der Waals surface area contributed by atoms with Crippen LogP contribution in [-0.4, -0.2) is 4.98 Å². The van der Waals surface area contributed by atoms with E-state index in [-0.39, 0.29) is 5.37 Å². The normalized spacial score (nSPS) is 16.1. The number of hydrogen-bond donors (Lipinski definition) is 1. The molecular weight excluding hydrogens is 332 g/mol. The van der Waals surface area contributed by atoms with E-state index in [2.05, 4.69) is 72.0 Å². The molecule has 1 aliphatic heterocycles. The smallest absolute Gasteiger partial charge is 0.124 e. The van der Waals surface area contributed by atoms with Crippen LogP contribution in [0.25, 0.3) is 20.8 Å². The molecule has 1 aromatic heterocycles. The third-order valence-electron chi connectivity index (χ3n) is 4.14. The molecule has 1 atom stereocenters. The van der Waals surface area contributed by atoms with Gasteiger partial charge in [0.05, 0.1) is 15.9 Å². The lowest BCUT2D eigenvalue weighted by molar-refractivity contribution is 1.14. The van der Waals surface area contributed by atoms with E-state index in [9.17, 15) is 0 Å². The van der Waals surface area contributed by atoms with Gasteiger partial charge in [0.1, 0.15) is 10.4 Å². The number of anilines is 1. The fourth-order valence-corrected chi connectivity index (χ4v) is 5.10. The van der Waals surface area contributed by atoms with E-state index in [1.54, 1.807) is 11.3 Å². The van der Waals surface area contributed by atoms with Crippen LogP contribution in [0.5, 0.6) is 0 Å². The number of nitrogens with one attached hydrogen (secondary N) is 1. The monoisotopic (exact) mass is 346 g/mol. The van der Waals surface area contributed by atoms with Gasteiger partial charge in [-0.1, -0.05) is 72.4 Å². The van der Waals surface area contributed by atoms with Crippen LogP contribution in [0.15, 0.2) is 77.7 Å². The molecular formula is C20H14N2S2. The molecule has 116 valence electrons. The first-order chi connectivity index (χ1) is 11.9. The van der Waals surface area contributed by atoms with Crippen LogP contribution < -0.4 is 5.32 Å². The highest BCUT2D eigenvalue weighted by molar-refractivity contribution is 8.00. The Morgan fingerprint density at radius 1 is 0.875 bits per heavy atom. The summed E-state index contributed by atoms with van der Waals surface area (Å²) in [5, 5.41) is 5.00. The number of fused-ring (bicyclic) bond motifs is 2. The highest BCUT2D eigenvalue weighted by atomic mass is 32.2. The number of rotatable bonds is 2. The van der Waals surface area contributed by atoms with Gasteiger partial charge in [-0.25, -0.2) is 4.98 Å². The summed E-state index contributed by atoms with van der Waals surface area (Å²) in [6.07, 6.45) is 0. The molecule has 0 aliphatic carbocycles. The summed E-state index contributed by atoms with van der Waals surface area (Å²) < 4.78 is 1.23. The second kappa shape index (κ2) is 5.65. The maximum atomic E-state index is 4.84. The molecule has 3 aromatic carbocycles. The molecule has 4 aromatic rings. The molecule has 0 saturated heterocycles. The summed E-state index contributed by atoms with van der Waals surface area (Å²) in [5.41, 5.74) is 4.78. The lowest BCUT2D eigenvalue weighted by Crippen LogP contribution is -2.00. The molecule has 1 aliphatic rings. The van der Waals surface area contributed by atoms with Gasteiger partial charge in [0, 0.05) is 10.5 Å². The molecule has 0 radical (unpaired) electrons. The first kappa shape index (κ1) is 14.1. The third kappa shape index (κ3) is 2.39. The van der Waals surface area contributed by atoms with E-state index in [4.69, 9.17) is 4.98 Å². The summed E-state index contributed by atoms with van der Waals surface area (Å²) in [5.74, 6) is 0. The Hall–Kier alpha value is -2.30. The van der Waals surface area contributed by atoms with Gasteiger partial charge in [-0.2, -0.15) is 0 Å². The molecule has 0 fully saturated rings. The molecule has 0 bridgehead atoms. The zero-order chi connectivity index (χ0) is 15.9. The Kier molecular flexibility index (Phi) is 3.32. The van der Waals surface area contributed by atoms with Crippen molar-refractivity contribution >= 4 is 39.0 Å². The summed E-state index contributed by atoms with van der Waals surface area (Å²) in [7, 11) is 0. The van der Waals surface area contributed by atoms with Crippen LogP contribution in [-0.2, 0) is 0 Å². The van der Waals surface area contributed by atoms with E-state index in [1.807, 2.05) is 17.8 Å². The van der Waals surface area contributed by atoms with Gasteiger partial charge in [0.25, 0.3) is 0 Å². The van der Waals surface area contributed by atoms with Crippen molar-refractivity contribution in [3.63, 3.8) is 0 Å². The average molecular weight is 346 g/mol. The Bertz CT molecular complexity index is 967. The highest BCUT2D eigenvalue weighted by Crippen LogP contribution is 2.48. The number of thioether (sulfide) groups is 1. The van der Waals surface area contributed by atoms with Crippen LogP contribution in [0, 0.1) is 0 Å².